The molecule has 0 amide bonds. The van der Waals surface area contributed by atoms with Crippen molar-refractivity contribution in [1.29, 1.82) is 0 Å². The molecule has 0 radical (unpaired) electrons. The van der Waals surface area contributed by atoms with Gasteiger partial charge in [-0.3, -0.25) is 0 Å². The Morgan fingerprint density at radius 2 is 2.13 bits per heavy atom. The van der Waals surface area contributed by atoms with Crippen molar-refractivity contribution in [2.75, 3.05) is 0 Å². The number of thiophene rings is 1. The largest absolute Gasteiger partial charge is 0.410 e. The van der Waals surface area contributed by atoms with E-state index in [0.717, 1.165) is 26.4 Å². The molecule has 0 aliphatic rings. The van der Waals surface area contributed by atoms with Gasteiger partial charge in [0.1, 0.15) is 10.6 Å². The van der Waals surface area contributed by atoms with E-state index in [4.69, 9.17) is 20.5 Å². The number of aromatic nitrogens is 3. The van der Waals surface area contributed by atoms with Crippen LogP contribution < -0.4 is 0 Å². The topological polar surface area (TPSA) is 65.0 Å². The molecule has 4 rings (SSSR count). The van der Waals surface area contributed by atoms with E-state index in [0.29, 0.717) is 21.9 Å². The lowest BCUT2D eigenvalue weighted by molar-refractivity contribution is 0.390. The Morgan fingerprint density at radius 3 is 2.91 bits per heavy atom. The second-order valence-electron chi connectivity index (χ2n) is 4.84. The maximum atomic E-state index is 6.43. The van der Waals surface area contributed by atoms with E-state index >= 15 is 0 Å². The average molecular weight is 364 g/mol. The summed E-state index contributed by atoms with van der Waals surface area (Å²) in [5, 5.41) is 14.1. The SMILES string of the molecule is Cc1cc(CSc2nnc(-c3sc4ccccc4c3Cl)o2)on1. The maximum absolute atomic E-state index is 6.43. The van der Waals surface area contributed by atoms with E-state index in [2.05, 4.69) is 15.4 Å². The van der Waals surface area contributed by atoms with Gasteiger partial charge < -0.3 is 8.94 Å². The Balaban J connectivity index is 1.58. The lowest BCUT2D eigenvalue weighted by atomic mass is 10.2. The van der Waals surface area contributed by atoms with Gasteiger partial charge in [-0.15, -0.1) is 21.5 Å². The van der Waals surface area contributed by atoms with Crippen LogP contribution in [0.25, 0.3) is 20.9 Å². The molecule has 0 fully saturated rings. The number of hydrogen-bond acceptors (Lipinski definition) is 7. The van der Waals surface area contributed by atoms with Gasteiger partial charge in [-0.05, 0) is 13.0 Å². The third kappa shape index (κ3) is 2.87. The number of fused-ring (bicyclic) bond motifs is 1. The zero-order valence-electron chi connectivity index (χ0n) is 11.9. The van der Waals surface area contributed by atoms with Crippen molar-refractivity contribution in [2.45, 2.75) is 17.9 Å². The fraction of sp³-hybridized carbons (Fsp3) is 0.133. The minimum atomic E-state index is 0.437. The van der Waals surface area contributed by atoms with E-state index in [1.165, 1.54) is 11.8 Å². The van der Waals surface area contributed by atoms with E-state index < -0.39 is 0 Å². The fourth-order valence-electron chi connectivity index (χ4n) is 2.13. The molecule has 0 unspecified atom stereocenters. The van der Waals surface area contributed by atoms with Gasteiger partial charge in [-0.25, -0.2) is 0 Å². The second kappa shape index (κ2) is 5.99. The lowest BCUT2D eigenvalue weighted by Gasteiger charge is -1.91. The maximum Gasteiger partial charge on any atom is 0.277 e. The van der Waals surface area contributed by atoms with Crippen LogP contribution in [0.2, 0.25) is 5.02 Å². The van der Waals surface area contributed by atoms with Crippen LogP contribution in [0.1, 0.15) is 11.5 Å². The monoisotopic (exact) mass is 363 g/mol. The van der Waals surface area contributed by atoms with Gasteiger partial charge in [0.05, 0.1) is 16.5 Å². The van der Waals surface area contributed by atoms with Crippen LogP contribution in [0.15, 0.2) is 44.5 Å². The number of rotatable bonds is 4. The second-order valence-corrected chi connectivity index (χ2v) is 7.19. The molecule has 23 heavy (non-hydrogen) atoms. The molecule has 8 heteroatoms. The van der Waals surface area contributed by atoms with E-state index in [1.807, 2.05) is 37.3 Å². The molecule has 3 heterocycles. The summed E-state index contributed by atoms with van der Waals surface area (Å²) in [5.41, 5.74) is 0.851. The first-order valence-electron chi connectivity index (χ1n) is 6.76. The highest BCUT2D eigenvalue weighted by Crippen LogP contribution is 2.41. The van der Waals surface area contributed by atoms with Crippen LogP contribution in [0, 0.1) is 6.92 Å². The average Bonchev–Trinajstić information content (AvgIpc) is 3.25. The Kier molecular flexibility index (Phi) is 3.84. The molecule has 0 aliphatic carbocycles. The first-order valence-corrected chi connectivity index (χ1v) is 8.94. The number of halogens is 1. The van der Waals surface area contributed by atoms with Crippen molar-refractivity contribution in [3.05, 3.63) is 46.8 Å². The molecule has 0 saturated heterocycles. The molecular weight excluding hydrogens is 354 g/mol. The number of thioether (sulfide) groups is 1. The standard InChI is InChI=1S/C15H10ClN3O2S2/c1-8-6-9(21-19-8)7-22-15-18-17-14(20-15)13-12(16)10-4-2-3-5-11(10)23-13/h2-6H,7H2,1H3. The van der Waals surface area contributed by atoms with E-state index in [-0.39, 0.29) is 0 Å². The van der Waals surface area contributed by atoms with Crippen LogP contribution in [0.3, 0.4) is 0 Å². The highest BCUT2D eigenvalue weighted by Gasteiger charge is 2.18. The van der Waals surface area contributed by atoms with Crippen LogP contribution in [0.5, 0.6) is 0 Å². The molecule has 0 aliphatic heterocycles. The Bertz CT molecular complexity index is 976. The third-order valence-electron chi connectivity index (χ3n) is 3.15. The quantitative estimate of drug-likeness (QED) is 0.465. The summed E-state index contributed by atoms with van der Waals surface area (Å²) in [5.74, 6) is 1.79. The van der Waals surface area contributed by atoms with Gasteiger partial charge in [-0.2, -0.15) is 0 Å². The highest BCUT2D eigenvalue weighted by atomic mass is 35.5. The Morgan fingerprint density at radius 1 is 1.26 bits per heavy atom. The van der Waals surface area contributed by atoms with Crippen molar-refractivity contribution in [2.24, 2.45) is 0 Å². The van der Waals surface area contributed by atoms with Crippen LogP contribution in [-0.2, 0) is 5.75 Å². The summed E-state index contributed by atoms with van der Waals surface area (Å²) in [6, 6.07) is 9.82. The van der Waals surface area contributed by atoms with Gasteiger partial charge in [0.15, 0.2) is 0 Å². The molecule has 1 aromatic carbocycles. The molecule has 0 N–H and O–H groups in total. The van der Waals surface area contributed by atoms with Crippen LogP contribution >= 0.6 is 34.7 Å². The van der Waals surface area contributed by atoms with Crippen LogP contribution in [0.4, 0.5) is 0 Å². The first-order chi connectivity index (χ1) is 11.2. The summed E-state index contributed by atoms with van der Waals surface area (Å²) in [6.07, 6.45) is 0. The molecule has 116 valence electrons. The molecule has 5 nitrogen and oxygen atoms in total. The summed E-state index contributed by atoms with van der Waals surface area (Å²) < 4.78 is 12.0. The number of nitrogens with zero attached hydrogens (tertiary/aromatic N) is 3. The smallest absolute Gasteiger partial charge is 0.277 e. The number of benzene rings is 1. The summed E-state index contributed by atoms with van der Waals surface area (Å²) in [7, 11) is 0. The highest BCUT2D eigenvalue weighted by molar-refractivity contribution is 7.98. The van der Waals surface area contributed by atoms with Crippen LogP contribution in [-0.4, -0.2) is 15.4 Å². The zero-order chi connectivity index (χ0) is 15.8. The van der Waals surface area contributed by atoms with Gasteiger partial charge in [0, 0.05) is 16.2 Å². The van der Waals surface area contributed by atoms with Crippen molar-refractivity contribution < 1.29 is 8.94 Å². The van der Waals surface area contributed by atoms with Gasteiger partial charge in [-0.1, -0.05) is 46.7 Å². The fourth-order valence-corrected chi connectivity index (χ4v) is 4.20. The predicted molar refractivity (Wildman–Crippen MR) is 90.9 cm³/mol. The molecule has 4 aromatic rings. The van der Waals surface area contributed by atoms with E-state index in [1.54, 1.807) is 11.3 Å². The van der Waals surface area contributed by atoms with Gasteiger partial charge in [0.2, 0.25) is 0 Å². The summed E-state index contributed by atoms with van der Waals surface area (Å²) in [6.45, 7) is 1.88. The first kappa shape index (κ1) is 14.7. The van der Waals surface area contributed by atoms with Gasteiger partial charge >= 0.3 is 0 Å². The van der Waals surface area contributed by atoms with Crippen molar-refractivity contribution in [3.8, 4) is 10.8 Å². The Hall–Kier alpha value is -1.83. The lowest BCUT2D eigenvalue weighted by Crippen LogP contribution is -1.76. The molecular formula is C15H10ClN3O2S2. The number of hydrogen-bond donors (Lipinski definition) is 0. The molecule has 3 aromatic heterocycles. The van der Waals surface area contributed by atoms with E-state index in [9.17, 15) is 0 Å². The minimum Gasteiger partial charge on any atom is -0.410 e. The Labute approximate surface area is 144 Å². The van der Waals surface area contributed by atoms with Gasteiger partial charge in [0.25, 0.3) is 11.1 Å². The molecule has 0 saturated carbocycles. The normalized spacial score (nSPS) is 11.4. The number of aryl methyl sites for hydroxylation is 1. The molecule has 0 spiro atoms. The summed E-state index contributed by atoms with van der Waals surface area (Å²) >= 11 is 9.37. The zero-order valence-corrected chi connectivity index (χ0v) is 14.3. The summed E-state index contributed by atoms with van der Waals surface area (Å²) in [4.78, 5) is 0.794. The molecule has 0 bridgehead atoms. The predicted octanol–water partition coefficient (Wildman–Crippen LogP) is 5.19. The minimum absolute atomic E-state index is 0.437. The van der Waals surface area contributed by atoms with Crippen molar-refractivity contribution in [3.63, 3.8) is 0 Å². The van der Waals surface area contributed by atoms with Crippen molar-refractivity contribution in [1.82, 2.24) is 15.4 Å². The third-order valence-corrected chi connectivity index (χ3v) is 5.65. The molecule has 0 atom stereocenters. The van der Waals surface area contributed by atoms with Crippen molar-refractivity contribution >= 4 is 44.8 Å².